The van der Waals surface area contributed by atoms with E-state index in [-0.39, 0.29) is 30.2 Å². The highest BCUT2D eigenvalue weighted by atomic mass is 19.1. The number of piperidine rings is 1. The van der Waals surface area contributed by atoms with Crippen LogP contribution in [-0.2, 0) is 4.79 Å². The van der Waals surface area contributed by atoms with Crippen LogP contribution < -0.4 is 15.4 Å². The molecule has 33 heavy (non-hydrogen) atoms. The van der Waals surface area contributed by atoms with Crippen LogP contribution >= 0.6 is 0 Å². The van der Waals surface area contributed by atoms with Crippen LogP contribution in [0, 0.1) is 11.7 Å². The van der Waals surface area contributed by atoms with Gasteiger partial charge in [0.05, 0.1) is 7.11 Å². The fourth-order valence-corrected chi connectivity index (χ4v) is 3.89. The lowest BCUT2D eigenvalue weighted by Gasteiger charge is -2.35. The Morgan fingerprint density at radius 1 is 1.15 bits per heavy atom. The molecule has 8 heteroatoms. The van der Waals surface area contributed by atoms with E-state index in [4.69, 9.17) is 4.74 Å². The molecule has 7 nitrogen and oxygen atoms in total. The summed E-state index contributed by atoms with van der Waals surface area (Å²) in [6.07, 6.45) is 2.62. The largest absolute Gasteiger partial charge is 0.497 e. The Balaban J connectivity index is 1.68. The SMILES string of the molecule is C=CCNC(=O)[C@@H](NC(=O)c1ccc(OC)cc1)C1CCN(C(=O)c2cccc(F)c2)CC1. The van der Waals surface area contributed by atoms with Crippen LogP contribution in [0.2, 0.25) is 0 Å². The van der Waals surface area contributed by atoms with Crippen molar-refractivity contribution in [1.29, 1.82) is 0 Å². The van der Waals surface area contributed by atoms with Crippen LogP contribution in [0.3, 0.4) is 0 Å². The summed E-state index contributed by atoms with van der Waals surface area (Å²) in [6, 6.07) is 11.5. The third kappa shape index (κ3) is 6.19. The molecule has 0 unspecified atom stereocenters. The maximum atomic E-state index is 13.5. The molecule has 2 aromatic rings. The second kappa shape index (κ2) is 11.3. The van der Waals surface area contributed by atoms with E-state index in [2.05, 4.69) is 17.2 Å². The topological polar surface area (TPSA) is 87.7 Å². The second-order valence-corrected chi connectivity index (χ2v) is 7.85. The van der Waals surface area contributed by atoms with Crippen molar-refractivity contribution < 1.29 is 23.5 Å². The number of methoxy groups -OCH3 is 1. The Hall–Kier alpha value is -3.68. The number of ether oxygens (including phenoxy) is 1. The normalized spacial score (nSPS) is 14.8. The molecular weight excluding hydrogens is 425 g/mol. The van der Waals surface area contributed by atoms with Crippen molar-refractivity contribution in [2.24, 2.45) is 5.92 Å². The zero-order chi connectivity index (χ0) is 23.8. The van der Waals surface area contributed by atoms with Crippen LogP contribution in [0.1, 0.15) is 33.6 Å². The number of likely N-dealkylation sites (tertiary alicyclic amines) is 1. The van der Waals surface area contributed by atoms with Gasteiger partial charge in [-0.1, -0.05) is 12.1 Å². The van der Waals surface area contributed by atoms with Gasteiger partial charge in [-0.25, -0.2) is 4.39 Å². The highest BCUT2D eigenvalue weighted by Gasteiger charge is 2.34. The lowest BCUT2D eigenvalue weighted by atomic mass is 9.88. The molecule has 1 fully saturated rings. The van der Waals surface area contributed by atoms with Crippen LogP contribution in [0.15, 0.2) is 61.2 Å². The first kappa shape index (κ1) is 24.0. The Morgan fingerprint density at radius 3 is 2.45 bits per heavy atom. The fourth-order valence-electron chi connectivity index (χ4n) is 3.89. The van der Waals surface area contributed by atoms with Crippen molar-refractivity contribution >= 4 is 17.7 Å². The number of carbonyl (C=O) groups excluding carboxylic acids is 3. The minimum Gasteiger partial charge on any atom is -0.497 e. The van der Waals surface area contributed by atoms with Crippen molar-refractivity contribution in [1.82, 2.24) is 15.5 Å². The molecule has 0 radical (unpaired) electrons. The van der Waals surface area contributed by atoms with Crippen molar-refractivity contribution in [3.05, 3.63) is 78.1 Å². The molecule has 0 saturated carbocycles. The molecule has 1 atom stereocenters. The maximum absolute atomic E-state index is 13.5. The molecule has 3 rings (SSSR count). The summed E-state index contributed by atoms with van der Waals surface area (Å²) in [5.74, 6) is -0.907. The Kier molecular flexibility index (Phi) is 8.18. The number of nitrogens with one attached hydrogen (secondary N) is 2. The highest BCUT2D eigenvalue weighted by Crippen LogP contribution is 2.23. The monoisotopic (exact) mass is 453 g/mol. The quantitative estimate of drug-likeness (QED) is 0.602. The summed E-state index contributed by atoms with van der Waals surface area (Å²) in [5, 5.41) is 5.61. The second-order valence-electron chi connectivity index (χ2n) is 7.85. The molecule has 1 heterocycles. The standard InChI is InChI=1S/C25H28FN3O4/c1-3-13-27-24(31)22(28-23(30)18-7-9-21(33-2)10-8-18)17-11-14-29(15-12-17)25(32)19-5-4-6-20(26)16-19/h3-10,16-17,22H,1,11-15H2,2H3,(H,27,31)(H,28,30)/t22-/m0/s1. The number of nitrogens with zero attached hydrogens (tertiary/aromatic N) is 1. The van der Waals surface area contributed by atoms with Gasteiger partial charge in [0, 0.05) is 30.8 Å². The zero-order valence-electron chi connectivity index (χ0n) is 18.6. The van der Waals surface area contributed by atoms with Gasteiger partial charge in [0.1, 0.15) is 17.6 Å². The predicted octanol–water partition coefficient (Wildman–Crippen LogP) is 2.79. The van der Waals surface area contributed by atoms with Gasteiger partial charge in [-0.05, 0) is 61.2 Å². The number of halogens is 1. The van der Waals surface area contributed by atoms with Gasteiger partial charge >= 0.3 is 0 Å². The number of amides is 3. The summed E-state index contributed by atoms with van der Waals surface area (Å²) in [4.78, 5) is 40.0. The lowest BCUT2D eigenvalue weighted by molar-refractivity contribution is -0.124. The van der Waals surface area contributed by atoms with E-state index in [1.54, 1.807) is 48.4 Å². The summed E-state index contributed by atoms with van der Waals surface area (Å²) in [6.45, 7) is 4.70. The smallest absolute Gasteiger partial charge is 0.253 e. The molecule has 174 valence electrons. The van der Waals surface area contributed by atoms with Crippen LogP contribution in [0.25, 0.3) is 0 Å². The average molecular weight is 454 g/mol. The predicted molar refractivity (Wildman–Crippen MR) is 122 cm³/mol. The minimum atomic E-state index is -0.758. The summed E-state index contributed by atoms with van der Waals surface area (Å²) in [5.41, 5.74) is 0.706. The summed E-state index contributed by atoms with van der Waals surface area (Å²) in [7, 11) is 1.54. The molecule has 1 aliphatic heterocycles. The molecule has 0 aromatic heterocycles. The third-order valence-electron chi connectivity index (χ3n) is 5.71. The van der Waals surface area contributed by atoms with E-state index in [1.165, 1.54) is 18.2 Å². The first-order valence-corrected chi connectivity index (χ1v) is 10.8. The number of benzene rings is 2. The van der Waals surface area contributed by atoms with Crippen molar-refractivity contribution in [2.75, 3.05) is 26.7 Å². The van der Waals surface area contributed by atoms with Gasteiger partial charge < -0.3 is 20.3 Å². The number of rotatable bonds is 8. The molecule has 2 N–H and O–H groups in total. The van der Waals surface area contributed by atoms with Crippen LogP contribution in [-0.4, -0.2) is 55.4 Å². The van der Waals surface area contributed by atoms with Gasteiger partial charge in [0.25, 0.3) is 11.8 Å². The number of hydrogen-bond acceptors (Lipinski definition) is 4. The summed E-state index contributed by atoms with van der Waals surface area (Å²) >= 11 is 0. The Morgan fingerprint density at radius 2 is 1.85 bits per heavy atom. The van der Waals surface area contributed by atoms with Crippen molar-refractivity contribution in [2.45, 2.75) is 18.9 Å². The lowest BCUT2D eigenvalue weighted by Crippen LogP contribution is -2.53. The summed E-state index contributed by atoms with van der Waals surface area (Å²) < 4.78 is 18.6. The molecule has 0 bridgehead atoms. The fraction of sp³-hybridized carbons (Fsp3) is 0.320. The zero-order valence-corrected chi connectivity index (χ0v) is 18.6. The molecule has 0 spiro atoms. The molecule has 3 amide bonds. The first-order valence-electron chi connectivity index (χ1n) is 10.8. The van der Waals surface area contributed by atoms with Crippen molar-refractivity contribution in [3.63, 3.8) is 0 Å². The molecule has 1 aliphatic rings. The van der Waals surface area contributed by atoms with Gasteiger partial charge in [-0.15, -0.1) is 6.58 Å². The van der Waals surface area contributed by atoms with E-state index in [0.717, 1.165) is 0 Å². The van der Waals surface area contributed by atoms with Crippen LogP contribution in [0.5, 0.6) is 5.75 Å². The number of carbonyl (C=O) groups is 3. The molecule has 2 aromatic carbocycles. The Labute approximate surface area is 192 Å². The maximum Gasteiger partial charge on any atom is 0.253 e. The average Bonchev–Trinajstić information content (AvgIpc) is 2.85. The number of hydrogen-bond donors (Lipinski definition) is 2. The van der Waals surface area contributed by atoms with E-state index >= 15 is 0 Å². The molecule has 1 saturated heterocycles. The molecule has 0 aliphatic carbocycles. The van der Waals surface area contributed by atoms with E-state index in [1.807, 2.05) is 0 Å². The van der Waals surface area contributed by atoms with Crippen molar-refractivity contribution in [3.8, 4) is 5.75 Å². The first-order chi connectivity index (χ1) is 15.9. The van der Waals surface area contributed by atoms with Gasteiger partial charge in [0.2, 0.25) is 5.91 Å². The third-order valence-corrected chi connectivity index (χ3v) is 5.71. The molecular formula is C25H28FN3O4. The van der Waals surface area contributed by atoms with E-state index in [9.17, 15) is 18.8 Å². The van der Waals surface area contributed by atoms with Crippen LogP contribution in [0.4, 0.5) is 4.39 Å². The Bertz CT molecular complexity index is 1000. The van der Waals surface area contributed by atoms with Gasteiger partial charge in [-0.2, -0.15) is 0 Å². The van der Waals surface area contributed by atoms with Gasteiger partial charge in [-0.3, -0.25) is 14.4 Å². The highest BCUT2D eigenvalue weighted by molar-refractivity contribution is 5.98. The van der Waals surface area contributed by atoms with Gasteiger partial charge in [0.15, 0.2) is 0 Å². The van der Waals surface area contributed by atoms with E-state index in [0.29, 0.717) is 42.8 Å². The van der Waals surface area contributed by atoms with E-state index < -0.39 is 11.9 Å². The minimum absolute atomic E-state index is 0.159.